The largest absolute Gasteiger partial charge is 0.325 e. The molecule has 1 aromatic heterocycles. The number of hydrogen-bond acceptors (Lipinski definition) is 4. The summed E-state index contributed by atoms with van der Waals surface area (Å²) in [6.45, 7) is 4.01. The first-order valence-electron chi connectivity index (χ1n) is 8.10. The average Bonchev–Trinajstić information content (AvgIpc) is 2.97. The molecule has 3 aromatic rings. The Morgan fingerprint density at radius 2 is 1.96 bits per heavy atom. The monoisotopic (exact) mass is 386 g/mol. The molecule has 0 atom stereocenters. The number of nitrogens with one attached hydrogen (secondary N) is 1. The minimum Gasteiger partial charge on any atom is -0.325 e. The first kappa shape index (κ1) is 18.5. The first-order chi connectivity index (χ1) is 12.5. The van der Waals surface area contributed by atoms with Crippen molar-refractivity contribution in [3.8, 4) is 11.4 Å². The molecule has 7 heteroatoms. The molecule has 1 N–H and O–H groups in total. The lowest BCUT2D eigenvalue weighted by Crippen LogP contribution is -2.15. The van der Waals surface area contributed by atoms with Crippen LogP contribution in [0.15, 0.2) is 47.6 Å². The van der Waals surface area contributed by atoms with Crippen LogP contribution in [-0.4, -0.2) is 26.4 Å². The summed E-state index contributed by atoms with van der Waals surface area (Å²) < 4.78 is 1.84. The Morgan fingerprint density at radius 3 is 2.69 bits per heavy atom. The normalized spacial score (nSPS) is 10.8. The van der Waals surface area contributed by atoms with E-state index in [-0.39, 0.29) is 11.7 Å². The Balaban J connectivity index is 1.67. The third-order valence-corrected chi connectivity index (χ3v) is 5.29. The average molecular weight is 387 g/mol. The number of benzene rings is 2. The van der Waals surface area contributed by atoms with E-state index in [1.165, 1.54) is 17.3 Å². The molecule has 0 aliphatic heterocycles. The van der Waals surface area contributed by atoms with Crippen molar-refractivity contribution in [2.24, 2.45) is 7.05 Å². The van der Waals surface area contributed by atoms with Crippen molar-refractivity contribution in [3.63, 3.8) is 0 Å². The second-order valence-corrected chi connectivity index (χ2v) is 7.35. The van der Waals surface area contributed by atoms with E-state index in [4.69, 9.17) is 11.6 Å². The smallest absolute Gasteiger partial charge is 0.234 e. The van der Waals surface area contributed by atoms with E-state index in [1.807, 2.05) is 67.9 Å². The van der Waals surface area contributed by atoms with Crippen LogP contribution in [0.2, 0.25) is 5.02 Å². The summed E-state index contributed by atoms with van der Waals surface area (Å²) in [6.07, 6.45) is 0. The second kappa shape index (κ2) is 7.93. The van der Waals surface area contributed by atoms with E-state index in [9.17, 15) is 4.79 Å². The van der Waals surface area contributed by atoms with Crippen molar-refractivity contribution in [2.45, 2.75) is 19.0 Å². The number of hydrogen-bond donors (Lipinski definition) is 1. The maximum Gasteiger partial charge on any atom is 0.234 e. The third kappa shape index (κ3) is 4.08. The van der Waals surface area contributed by atoms with E-state index in [1.54, 1.807) is 0 Å². The van der Waals surface area contributed by atoms with Crippen molar-refractivity contribution >= 4 is 35.0 Å². The summed E-state index contributed by atoms with van der Waals surface area (Å²) in [5.74, 6) is 0.846. The maximum absolute atomic E-state index is 12.3. The molecule has 0 aliphatic rings. The van der Waals surface area contributed by atoms with Gasteiger partial charge in [-0.3, -0.25) is 4.79 Å². The van der Waals surface area contributed by atoms with Crippen LogP contribution in [-0.2, 0) is 11.8 Å². The number of rotatable bonds is 5. The van der Waals surface area contributed by atoms with Crippen molar-refractivity contribution in [1.29, 1.82) is 0 Å². The Bertz CT molecular complexity index is 954. The molecule has 0 aliphatic carbocycles. The van der Waals surface area contributed by atoms with E-state index in [0.717, 1.165) is 16.8 Å². The number of aryl methyl sites for hydroxylation is 2. The quantitative estimate of drug-likeness (QED) is 0.656. The molecule has 0 saturated heterocycles. The highest BCUT2D eigenvalue weighted by Crippen LogP contribution is 2.28. The van der Waals surface area contributed by atoms with Crippen molar-refractivity contribution in [3.05, 3.63) is 58.6 Å². The highest BCUT2D eigenvalue weighted by Gasteiger charge is 2.15. The predicted octanol–water partition coefficient (Wildman–Crippen LogP) is 4.48. The number of thioether (sulfide) groups is 1. The Labute approximate surface area is 161 Å². The maximum atomic E-state index is 12.3. The molecular weight excluding hydrogens is 368 g/mol. The number of carbonyl (C=O) groups is 1. The van der Waals surface area contributed by atoms with Crippen LogP contribution in [0, 0.1) is 13.8 Å². The van der Waals surface area contributed by atoms with Gasteiger partial charge in [0.2, 0.25) is 5.91 Å². The van der Waals surface area contributed by atoms with Gasteiger partial charge in [0.05, 0.1) is 10.8 Å². The van der Waals surface area contributed by atoms with Gasteiger partial charge in [-0.15, -0.1) is 10.2 Å². The van der Waals surface area contributed by atoms with Gasteiger partial charge in [-0.05, 0) is 37.6 Å². The fourth-order valence-electron chi connectivity index (χ4n) is 2.59. The van der Waals surface area contributed by atoms with E-state index in [0.29, 0.717) is 16.0 Å². The molecule has 2 aromatic carbocycles. The van der Waals surface area contributed by atoms with Crippen LogP contribution in [0.1, 0.15) is 11.1 Å². The van der Waals surface area contributed by atoms with E-state index >= 15 is 0 Å². The first-order valence-corrected chi connectivity index (χ1v) is 9.46. The van der Waals surface area contributed by atoms with Crippen molar-refractivity contribution < 1.29 is 4.79 Å². The third-order valence-electron chi connectivity index (χ3n) is 3.94. The van der Waals surface area contributed by atoms with Crippen molar-refractivity contribution in [1.82, 2.24) is 14.8 Å². The summed E-state index contributed by atoms with van der Waals surface area (Å²) in [5, 5.41) is 12.6. The molecule has 0 bridgehead atoms. The van der Waals surface area contributed by atoms with E-state index in [2.05, 4.69) is 15.5 Å². The van der Waals surface area contributed by atoms with Gasteiger partial charge in [-0.25, -0.2) is 0 Å². The highest BCUT2D eigenvalue weighted by molar-refractivity contribution is 7.99. The van der Waals surface area contributed by atoms with Crippen LogP contribution >= 0.6 is 23.4 Å². The van der Waals surface area contributed by atoms with Gasteiger partial charge in [0.15, 0.2) is 11.0 Å². The topological polar surface area (TPSA) is 59.8 Å². The predicted molar refractivity (Wildman–Crippen MR) is 107 cm³/mol. The highest BCUT2D eigenvalue weighted by atomic mass is 35.5. The standard InChI is InChI=1S/C19H19ClN4OS/c1-12-8-9-16(13(2)10-12)21-17(25)11-26-19-23-22-18(24(19)3)14-6-4-5-7-15(14)20/h4-10H,11H2,1-3H3,(H,21,25). The zero-order valence-corrected chi connectivity index (χ0v) is 16.4. The number of anilines is 1. The molecule has 26 heavy (non-hydrogen) atoms. The van der Waals surface area contributed by atoms with Crippen molar-refractivity contribution in [2.75, 3.05) is 11.1 Å². The molecule has 0 saturated carbocycles. The molecule has 134 valence electrons. The van der Waals surface area contributed by atoms with Gasteiger partial charge >= 0.3 is 0 Å². The van der Waals surface area contributed by atoms with Crippen LogP contribution in [0.3, 0.4) is 0 Å². The van der Waals surface area contributed by atoms with Gasteiger partial charge < -0.3 is 9.88 Å². The molecule has 1 heterocycles. The number of carbonyl (C=O) groups excluding carboxylic acids is 1. The minimum absolute atomic E-state index is 0.0794. The number of amides is 1. The Morgan fingerprint density at radius 1 is 1.19 bits per heavy atom. The summed E-state index contributed by atoms with van der Waals surface area (Å²) in [6, 6.07) is 13.4. The fraction of sp³-hybridized carbons (Fsp3) is 0.211. The minimum atomic E-state index is -0.0794. The summed E-state index contributed by atoms with van der Waals surface area (Å²) >= 11 is 7.57. The molecular formula is C19H19ClN4OS. The summed E-state index contributed by atoms with van der Waals surface area (Å²) in [7, 11) is 1.86. The second-order valence-electron chi connectivity index (χ2n) is 6.00. The van der Waals surface area contributed by atoms with Crippen LogP contribution in [0.25, 0.3) is 11.4 Å². The lowest BCUT2D eigenvalue weighted by atomic mass is 10.1. The summed E-state index contributed by atoms with van der Waals surface area (Å²) in [5.41, 5.74) is 3.86. The Kier molecular flexibility index (Phi) is 5.64. The number of nitrogens with zero attached hydrogens (tertiary/aromatic N) is 3. The number of aromatic nitrogens is 3. The van der Waals surface area contributed by atoms with Crippen LogP contribution in [0.4, 0.5) is 5.69 Å². The van der Waals surface area contributed by atoms with Gasteiger partial charge in [-0.2, -0.15) is 0 Å². The molecule has 0 radical (unpaired) electrons. The van der Waals surface area contributed by atoms with Gasteiger partial charge in [0, 0.05) is 18.3 Å². The van der Waals surface area contributed by atoms with Gasteiger partial charge in [0.25, 0.3) is 0 Å². The number of halogens is 1. The molecule has 0 fully saturated rings. The van der Waals surface area contributed by atoms with Crippen LogP contribution < -0.4 is 5.32 Å². The Hall–Kier alpha value is -2.31. The molecule has 0 unspecified atom stereocenters. The molecule has 0 spiro atoms. The molecule has 5 nitrogen and oxygen atoms in total. The van der Waals surface area contributed by atoms with Gasteiger partial charge in [-0.1, -0.05) is 53.2 Å². The molecule has 1 amide bonds. The van der Waals surface area contributed by atoms with Crippen LogP contribution in [0.5, 0.6) is 0 Å². The SMILES string of the molecule is Cc1ccc(NC(=O)CSc2nnc(-c3ccccc3Cl)n2C)c(C)c1. The zero-order valence-electron chi connectivity index (χ0n) is 14.8. The zero-order chi connectivity index (χ0) is 18.7. The fourth-order valence-corrected chi connectivity index (χ4v) is 3.52. The lowest BCUT2D eigenvalue weighted by Gasteiger charge is -2.09. The summed E-state index contributed by atoms with van der Waals surface area (Å²) in [4.78, 5) is 12.3. The van der Waals surface area contributed by atoms with Gasteiger partial charge in [0.1, 0.15) is 0 Å². The molecule has 3 rings (SSSR count). The lowest BCUT2D eigenvalue weighted by molar-refractivity contribution is -0.113. The van der Waals surface area contributed by atoms with E-state index < -0.39 is 0 Å².